The highest BCUT2D eigenvalue weighted by Gasteiger charge is 2.05. The summed E-state index contributed by atoms with van der Waals surface area (Å²) in [5.41, 5.74) is 3.77. The van der Waals surface area contributed by atoms with Crippen LogP contribution in [0.4, 0.5) is 4.39 Å². The summed E-state index contributed by atoms with van der Waals surface area (Å²) < 4.78 is 13.5. The average Bonchev–Trinajstić information content (AvgIpc) is 2.25. The van der Waals surface area contributed by atoms with E-state index in [1.54, 1.807) is 6.07 Å². The van der Waals surface area contributed by atoms with E-state index in [1.165, 1.54) is 6.07 Å². The van der Waals surface area contributed by atoms with Crippen molar-refractivity contribution >= 4 is 0 Å². The van der Waals surface area contributed by atoms with E-state index in [9.17, 15) is 4.39 Å². The van der Waals surface area contributed by atoms with Gasteiger partial charge in [0, 0.05) is 17.8 Å². The van der Waals surface area contributed by atoms with Crippen LogP contribution in [0.3, 0.4) is 0 Å². The maximum absolute atomic E-state index is 13.5. The maximum atomic E-state index is 13.5. The molecule has 0 bridgehead atoms. The average molecular weight is 215 g/mol. The van der Waals surface area contributed by atoms with Crippen LogP contribution in [0.15, 0.2) is 36.4 Å². The lowest BCUT2D eigenvalue weighted by Gasteiger charge is -2.06. The van der Waals surface area contributed by atoms with Crippen LogP contribution in [0.25, 0.3) is 0 Å². The van der Waals surface area contributed by atoms with Crippen molar-refractivity contribution in [2.24, 2.45) is 0 Å². The molecule has 1 heterocycles. The Labute approximate surface area is 95.0 Å². The van der Waals surface area contributed by atoms with Gasteiger partial charge in [-0.2, -0.15) is 0 Å². The summed E-state index contributed by atoms with van der Waals surface area (Å²) in [5, 5.41) is 0. The van der Waals surface area contributed by atoms with Gasteiger partial charge < -0.3 is 0 Å². The molecule has 2 heteroatoms. The number of hydrogen-bond donors (Lipinski definition) is 0. The summed E-state index contributed by atoms with van der Waals surface area (Å²) in [6, 6.07) is 10.8. The van der Waals surface area contributed by atoms with Gasteiger partial charge in [0.25, 0.3) is 0 Å². The number of pyridine rings is 1. The van der Waals surface area contributed by atoms with Gasteiger partial charge in [-0.3, -0.25) is 4.98 Å². The van der Waals surface area contributed by atoms with E-state index in [1.807, 2.05) is 38.1 Å². The quantitative estimate of drug-likeness (QED) is 0.748. The standard InChI is InChI=1S/C14H14FN/c1-10-7-8-12(11(2)16-10)9-13-5-3-4-6-14(13)15/h3-8H,9H2,1-2H3. The molecule has 0 N–H and O–H groups in total. The van der Waals surface area contributed by atoms with Crippen molar-refractivity contribution in [2.45, 2.75) is 20.3 Å². The number of nitrogens with zero attached hydrogens (tertiary/aromatic N) is 1. The molecular formula is C14H14FN. The summed E-state index contributed by atoms with van der Waals surface area (Å²) in [7, 11) is 0. The summed E-state index contributed by atoms with van der Waals surface area (Å²) in [6.45, 7) is 3.92. The minimum absolute atomic E-state index is 0.150. The number of aryl methyl sites for hydroxylation is 2. The molecule has 1 aromatic heterocycles. The second kappa shape index (κ2) is 4.44. The van der Waals surface area contributed by atoms with Gasteiger partial charge in [0.05, 0.1) is 0 Å². The van der Waals surface area contributed by atoms with Crippen LogP contribution in [-0.2, 0) is 6.42 Å². The Balaban J connectivity index is 2.31. The lowest BCUT2D eigenvalue weighted by atomic mass is 10.0. The molecule has 0 aliphatic carbocycles. The molecule has 0 aliphatic heterocycles. The highest BCUT2D eigenvalue weighted by molar-refractivity contribution is 5.30. The fourth-order valence-electron chi connectivity index (χ4n) is 1.75. The molecule has 0 aliphatic rings. The van der Waals surface area contributed by atoms with Crippen LogP contribution in [0.1, 0.15) is 22.5 Å². The van der Waals surface area contributed by atoms with E-state index in [0.29, 0.717) is 6.42 Å². The molecule has 0 amide bonds. The maximum Gasteiger partial charge on any atom is 0.126 e. The molecule has 82 valence electrons. The van der Waals surface area contributed by atoms with E-state index >= 15 is 0 Å². The molecular weight excluding hydrogens is 201 g/mol. The molecule has 0 spiro atoms. The zero-order chi connectivity index (χ0) is 11.5. The first-order chi connectivity index (χ1) is 7.66. The zero-order valence-electron chi connectivity index (χ0n) is 9.50. The van der Waals surface area contributed by atoms with Crippen LogP contribution in [0, 0.1) is 19.7 Å². The summed E-state index contributed by atoms with van der Waals surface area (Å²) >= 11 is 0. The predicted molar refractivity (Wildman–Crippen MR) is 62.9 cm³/mol. The minimum Gasteiger partial charge on any atom is -0.258 e. The van der Waals surface area contributed by atoms with Gasteiger partial charge in [0.15, 0.2) is 0 Å². The third-order valence-corrected chi connectivity index (χ3v) is 2.67. The van der Waals surface area contributed by atoms with E-state index in [-0.39, 0.29) is 5.82 Å². The Morgan fingerprint density at radius 3 is 2.44 bits per heavy atom. The highest BCUT2D eigenvalue weighted by atomic mass is 19.1. The van der Waals surface area contributed by atoms with Gasteiger partial charge in [-0.05, 0) is 37.1 Å². The minimum atomic E-state index is -0.150. The van der Waals surface area contributed by atoms with Crippen molar-refractivity contribution < 1.29 is 4.39 Å². The monoisotopic (exact) mass is 215 g/mol. The first-order valence-corrected chi connectivity index (χ1v) is 5.33. The molecule has 2 rings (SSSR count). The van der Waals surface area contributed by atoms with Crippen LogP contribution < -0.4 is 0 Å². The molecule has 2 aromatic rings. The lowest BCUT2D eigenvalue weighted by molar-refractivity contribution is 0.613. The number of halogens is 1. The fraction of sp³-hybridized carbons (Fsp3) is 0.214. The van der Waals surface area contributed by atoms with E-state index < -0.39 is 0 Å². The predicted octanol–water partition coefficient (Wildman–Crippen LogP) is 3.43. The number of rotatable bonds is 2. The number of aromatic nitrogens is 1. The fourth-order valence-corrected chi connectivity index (χ4v) is 1.75. The Hall–Kier alpha value is -1.70. The Morgan fingerprint density at radius 1 is 1.00 bits per heavy atom. The molecule has 1 nitrogen and oxygen atoms in total. The van der Waals surface area contributed by atoms with E-state index in [4.69, 9.17) is 0 Å². The third-order valence-electron chi connectivity index (χ3n) is 2.67. The first-order valence-electron chi connectivity index (χ1n) is 5.33. The third kappa shape index (κ3) is 2.27. The Kier molecular flexibility index (Phi) is 3.00. The SMILES string of the molecule is Cc1ccc(Cc2ccccc2F)c(C)n1. The first kappa shape index (κ1) is 10.8. The van der Waals surface area contributed by atoms with Crippen molar-refractivity contribution in [1.29, 1.82) is 0 Å². The number of hydrogen-bond acceptors (Lipinski definition) is 1. The highest BCUT2D eigenvalue weighted by Crippen LogP contribution is 2.15. The van der Waals surface area contributed by atoms with Crippen molar-refractivity contribution in [3.63, 3.8) is 0 Å². The lowest BCUT2D eigenvalue weighted by Crippen LogP contribution is -1.97. The van der Waals surface area contributed by atoms with Crippen LogP contribution in [0.5, 0.6) is 0 Å². The number of benzene rings is 1. The van der Waals surface area contributed by atoms with Gasteiger partial charge in [0.1, 0.15) is 5.82 Å². The van der Waals surface area contributed by atoms with Crippen molar-refractivity contribution in [3.05, 3.63) is 64.7 Å². The Bertz CT molecular complexity index is 506. The van der Waals surface area contributed by atoms with E-state index in [2.05, 4.69) is 4.98 Å². The van der Waals surface area contributed by atoms with Crippen LogP contribution in [0.2, 0.25) is 0 Å². The van der Waals surface area contributed by atoms with Gasteiger partial charge in [0.2, 0.25) is 0 Å². The zero-order valence-corrected chi connectivity index (χ0v) is 9.50. The van der Waals surface area contributed by atoms with Gasteiger partial charge in [-0.1, -0.05) is 24.3 Å². The second-order valence-corrected chi connectivity index (χ2v) is 3.97. The Morgan fingerprint density at radius 2 is 1.75 bits per heavy atom. The van der Waals surface area contributed by atoms with Gasteiger partial charge >= 0.3 is 0 Å². The summed E-state index contributed by atoms with van der Waals surface area (Å²) in [5.74, 6) is -0.150. The van der Waals surface area contributed by atoms with Crippen molar-refractivity contribution in [3.8, 4) is 0 Å². The van der Waals surface area contributed by atoms with Crippen molar-refractivity contribution in [1.82, 2.24) is 4.98 Å². The van der Waals surface area contributed by atoms with Crippen LogP contribution in [-0.4, -0.2) is 4.98 Å². The molecule has 0 radical (unpaired) electrons. The molecule has 0 atom stereocenters. The van der Waals surface area contributed by atoms with Gasteiger partial charge in [-0.15, -0.1) is 0 Å². The smallest absolute Gasteiger partial charge is 0.126 e. The largest absolute Gasteiger partial charge is 0.258 e. The summed E-state index contributed by atoms with van der Waals surface area (Å²) in [6.07, 6.45) is 0.603. The molecule has 0 saturated carbocycles. The molecule has 0 unspecified atom stereocenters. The van der Waals surface area contributed by atoms with Crippen LogP contribution >= 0.6 is 0 Å². The molecule has 0 fully saturated rings. The summed E-state index contributed by atoms with van der Waals surface area (Å²) in [4.78, 5) is 4.38. The van der Waals surface area contributed by atoms with Gasteiger partial charge in [-0.25, -0.2) is 4.39 Å². The second-order valence-electron chi connectivity index (χ2n) is 3.97. The molecule has 1 aromatic carbocycles. The normalized spacial score (nSPS) is 10.4. The topological polar surface area (TPSA) is 12.9 Å². The van der Waals surface area contributed by atoms with Crippen molar-refractivity contribution in [2.75, 3.05) is 0 Å². The molecule has 16 heavy (non-hydrogen) atoms. The molecule has 0 saturated heterocycles. The van der Waals surface area contributed by atoms with E-state index in [0.717, 1.165) is 22.5 Å².